The third kappa shape index (κ3) is 8.97. The number of oxime groups is 2. The number of carbonyl (C=O) groups is 4. The predicted octanol–water partition coefficient (Wildman–Crippen LogP) is 6.84. The van der Waals surface area contributed by atoms with E-state index in [-0.39, 0.29) is 35.8 Å². The highest BCUT2D eigenvalue weighted by atomic mass is 16.7. The minimum atomic E-state index is -0.511. The number of hydrogen-bond donors (Lipinski definition) is 0. The van der Waals surface area contributed by atoms with E-state index in [1.165, 1.54) is 12.8 Å². The monoisotopic (exact) mass is 548 g/mol. The van der Waals surface area contributed by atoms with Crippen molar-refractivity contribution in [3.63, 3.8) is 0 Å². The Labute approximate surface area is 234 Å². The van der Waals surface area contributed by atoms with E-state index in [0.29, 0.717) is 41.4 Å². The van der Waals surface area contributed by atoms with E-state index in [9.17, 15) is 19.2 Å². The van der Waals surface area contributed by atoms with Crippen LogP contribution in [0.1, 0.15) is 99.3 Å². The van der Waals surface area contributed by atoms with Gasteiger partial charge in [0.25, 0.3) is 0 Å². The first-order chi connectivity index (χ1) is 19.3. The molecule has 9 nitrogen and oxygen atoms in total. The van der Waals surface area contributed by atoms with E-state index in [2.05, 4.69) is 10.3 Å². The van der Waals surface area contributed by atoms with Crippen LogP contribution in [0, 0.1) is 5.92 Å². The zero-order valence-electron chi connectivity index (χ0n) is 23.3. The predicted molar refractivity (Wildman–Crippen MR) is 151 cm³/mol. The molecule has 3 rings (SSSR count). The molecule has 0 aromatic heterocycles. The summed E-state index contributed by atoms with van der Waals surface area (Å²) in [6.07, 6.45) is 6.67. The van der Waals surface area contributed by atoms with Gasteiger partial charge in [-0.05, 0) is 73.7 Å². The van der Waals surface area contributed by atoms with Gasteiger partial charge in [0.1, 0.15) is 22.9 Å². The molecule has 40 heavy (non-hydrogen) atoms. The van der Waals surface area contributed by atoms with Crippen LogP contribution >= 0.6 is 0 Å². The second-order valence-corrected chi connectivity index (χ2v) is 9.56. The Morgan fingerprint density at radius 3 is 1.57 bits per heavy atom. The number of Topliss-reactive ketones (excluding diaryl/α,β-unsaturated/α-hetero) is 2. The first-order valence-corrected chi connectivity index (χ1v) is 13.8. The topological polar surface area (TPSA) is 121 Å². The van der Waals surface area contributed by atoms with Gasteiger partial charge in [0, 0.05) is 24.0 Å². The second kappa shape index (κ2) is 15.5. The standard InChI is InChI=1S/C31H36N2O7/c1-4-26(32-39-28(34)5-2)30(36)22-12-16-24(17-13-22)38-25-18-14-23(15-19-25)31(37)27(33-40-29(35)6-3)20-11-21-9-7-8-10-21/h12-19,21H,4-11,20H2,1-3H3/b32-26+,33-27+. The Balaban J connectivity index is 1.65. The van der Waals surface area contributed by atoms with Gasteiger partial charge in [0.15, 0.2) is 0 Å². The van der Waals surface area contributed by atoms with E-state index in [1.807, 2.05) is 0 Å². The summed E-state index contributed by atoms with van der Waals surface area (Å²) in [5.41, 5.74) is 1.18. The first-order valence-electron chi connectivity index (χ1n) is 13.8. The molecule has 9 heteroatoms. The van der Waals surface area contributed by atoms with Crippen LogP contribution in [0.25, 0.3) is 0 Å². The summed E-state index contributed by atoms with van der Waals surface area (Å²) in [7, 11) is 0. The Morgan fingerprint density at radius 1 is 0.675 bits per heavy atom. The zero-order valence-corrected chi connectivity index (χ0v) is 23.3. The van der Waals surface area contributed by atoms with Gasteiger partial charge in [-0.3, -0.25) is 9.59 Å². The molecule has 1 saturated carbocycles. The maximum Gasteiger partial charge on any atom is 0.334 e. The van der Waals surface area contributed by atoms with Gasteiger partial charge in [-0.2, -0.15) is 0 Å². The highest BCUT2D eigenvalue weighted by Crippen LogP contribution is 2.29. The zero-order chi connectivity index (χ0) is 28.9. The van der Waals surface area contributed by atoms with Crippen LogP contribution in [0.2, 0.25) is 0 Å². The summed E-state index contributed by atoms with van der Waals surface area (Å²) in [6.45, 7) is 5.07. The van der Waals surface area contributed by atoms with Crippen LogP contribution in [0.5, 0.6) is 11.5 Å². The van der Waals surface area contributed by atoms with Crippen LogP contribution in [0.4, 0.5) is 0 Å². The molecule has 0 amide bonds. The largest absolute Gasteiger partial charge is 0.457 e. The first kappa shape index (κ1) is 30.4. The molecule has 0 radical (unpaired) electrons. The van der Waals surface area contributed by atoms with Gasteiger partial charge in [0.05, 0.1) is 0 Å². The SMILES string of the molecule is CCC(=O)O/N=C(\CC)C(=O)c1ccc(Oc2ccc(C(=O)/C(CCC3CCCC3)=N/OC(=O)CC)cc2)cc1. The lowest BCUT2D eigenvalue weighted by Gasteiger charge is -2.11. The van der Waals surface area contributed by atoms with Crippen molar-refractivity contribution < 1.29 is 33.6 Å². The van der Waals surface area contributed by atoms with Crippen LogP contribution in [-0.2, 0) is 19.3 Å². The Morgan fingerprint density at radius 2 is 1.12 bits per heavy atom. The number of hydrogen-bond acceptors (Lipinski definition) is 9. The van der Waals surface area contributed by atoms with Crippen molar-refractivity contribution in [1.82, 2.24) is 0 Å². The van der Waals surface area contributed by atoms with Crippen LogP contribution in [0.3, 0.4) is 0 Å². The molecule has 1 aliphatic rings. The Kier molecular flexibility index (Phi) is 11.7. The fourth-order valence-corrected chi connectivity index (χ4v) is 4.27. The summed E-state index contributed by atoms with van der Waals surface area (Å²) in [5.74, 6) is -0.0569. The van der Waals surface area contributed by atoms with Crippen molar-refractivity contribution in [1.29, 1.82) is 0 Å². The maximum atomic E-state index is 13.2. The second-order valence-electron chi connectivity index (χ2n) is 9.56. The molecule has 0 unspecified atom stereocenters. The summed E-state index contributed by atoms with van der Waals surface area (Å²) < 4.78 is 5.88. The molecular formula is C31H36N2O7. The molecular weight excluding hydrogens is 512 g/mol. The summed E-state index contributed by atoms with van der Waals surface area (Å²) >= 11 is 0. The maximum absolute atomic E-state index is 13.2. The summed E-state index contributed by atoms with van der Waals surface area (Å²) in [6, 6.07) is 13.1. The quantitative estimate of drug-likeness (QED) is 0.110. The number of carbonyl (C=O) groups excluding carboxylic acids is 4. The minimum absolute atomic E-state index is 0.145. The minimum Gasteiger partial charge on any atom is -0.457 e. The van der Waals surface area contributed by atoms with Crippen LogP contribution in [-0.4, -0.2) is 34.9 Å². The van der Waals surface area contributed by atoms with Gasteiger partial charge in [-0.15, -0.1) is 0 Å². The highest BCUT2D eigenvalue weighted by Gasteiger charge is 2.21. The van der Waals surface area contributed by atoms with Gasteiger partial charge < -0.3 is 14.4 Å². The molecule has 0 aliphatic heterocycles. The third-order valence-electron chi connectivity index (χ3n) is 6.68. The molecule has 0 heterocycles. The summed E-state index contributed by atoms with van der Waals surface area (Å²) in [4.78, 5) is 58.5. The normalized spacial score (nSPS) is 14.1. The third-order valence-corrected chi connectivity index (χ3v) is 6.68. The molecule has 0 atom stereocenters. The van der Waals surface area contributed by atoms with Crippen molar-refractivity contribution >= 4 is 34.9 Å². The van der Waals surface area contributed by atoms with E-state index < -0.39 is 11.9 Å². The van der Waals surface area contributed by atoms with Crippen molar-refractivity contribution in [3.8, 4) is 11.5 Å². The smallest absolute Gasteiger partial charge is 0.334 e. The fraction of sp³-hybridized carbons (Fsp3) is 0.419. The molecule has 2 aromatic carbocycles. The lowest BCUT2D eigenvalue weighted by molar-refractivity contribution is -0.144. The van der Waals surface area contributed by atoms with Crippen LogP contribution < -0.4 is 4.74 Å². The average Bonchev–Trinajstić information content (AvgIpc) is 3.51. The van der Waals surface area contributed by atoms with Gasteiger partial charge in [-0.1, -0.05) is 56.8 Å². The lowest BCUT2D eigenvalue weighted by Crippen LogP contribution is -2.17. The number of ketones is 2. The van der Waals surface area contributed by atoms with Crippen molar-refractivity contribution in [2.24, 2.45) is 16.2 Å². The molecule has 0 saturated heterocycles. The van der Waals surface area contributed by atoms with E-state index in [0.717, 1.165) is 19.3 Å². The molecule has 0 spiro atoms. The number of rotatable bonds is 14. The van der Waals surface area contributed by atoms with E-state index in [1.54, 1.807) is 69.3 Å². The summed E-state index contributed by atoms with van der Waals surface area (Å²) in [5, 5.41) is 7.61. The van der Waals surface area contributed by atoms with Gasteiger partial charge in [0.2, 0.25) is 11.6 Å². The molecule has 212 valence electrons. The number of nitrogens with zero attached hydrogens (tertiary/aromatic N) is 2. The molecule has 0 bridgehead atoms. The highest BCUT2D eigenvalue weighted by molar-refractivity contribution is 6.46. The van der Waals surface area contributed by atoms with Crippen molar-refractivity contribution in [2.45, 2.75) is 78.6 Å². The molecule has 1 aliphatic carbocycles. The fourth-order valence-electron chi connectivity index (χ4n) is 4.27. The van der Waals surface area contributed by atoms with Crippen LogP contribution in [0.15, 0.2) is 58.8 Å². The Bertz CT molecular complexity index is 1240. The molecule has 0 N–H and O–H groups in total. The van der Waals surface area contributed by atoms with E-state index in [4.69, 9.17) is 14.4 Å². The molecule has 2 aromatic rings. The molecule has 1 fully saturated rings. The van der Waals surface area contributed by atoms with Crippen molar-refractivity contribution in [2.75, 3.05) is 0 Å². The Hall–Kier alpha value is -4.14. The lowest BCUT2D eigenvalue weighted by atomic mass is 9.96. The average molecular weight is 549 g/mol. The van der Waals surface area contributed by atoms with Crippen molar-refractivity contribution in [3.05, 3.63) is 59.7 Å². The van der Waals surface area contributed by atoms with Gasteiger partial charge in [-0.25, -0.2) is 9.59 Å². The van der Waals surface area contributed by atoms with E-state index >= 15 is 0 Å². The number of ether oxygens (including phenoxy) is 1. The number of benzene rings is 2. The van der Waals surface area contributed by atoms with Gasteiger partial charge >= 0.3 is 11.9 Å².